The van der Waals surface area contributed by atoms with Crippen molar-refractivity contribution in [2.75, 3.05) is 17.2 Å². The minimum absolute atomic E-state index is 0.0605. The number of carbonyl (C=O) groups excluding carboxylic acids is 2. The Morgan fingerprint density at radius 3 is 2.53 bits per heavy atom. The molecule has 9 heteroatoms. The number of anilines is 2. The van der Waals surface area contributed by atoms with Crippen LogP contribution in [0.25, 0.3) is 11.5 Å². The van der Waals surface area contributed by atoms with E-state index in [1.54, 1.807) is 13.2 Å². The van der Waals surface area contributed by atoms with Crippen molar-refractivity contribution in [2.24, 2.45) is 0 Å². The van der Waals surface area contributed by atoms with Gasteiger partial charge in [-0.1, -0.05) is 17.7 Å². The van der Waals surface area contributed by atoms with Gasteiger partial charge in [-0.3, -0.25) is 4.79 Å². The van der Waals surface area contributed by atoms with E-state index in [0.717, 1.165) is 17.2 Å². The maximum atomic E-state index is 14.2. The number of furan rings is 1. The molecule has 4 aromatic rings. The Bertz CT molecular complexity index is 1310. The number of aryl methyl sites for hydroxylation is 2. The predicted octanol–water partition coefficient (Wildman–Crippen LogP) is 5.31. The van der Waals surface area contributed by atoms with Crippen molar-refractivity contribution in [1.29, 1.82) is 0 Å². The van der Waals surface area contributed by atoms with E-state index in [1.165, 1.54) is 24.5 Å². The summed E-state index contributed by atoms with van der Waals surface area (Å²) in [5.74, 6) is -0.198. The van der Waals surface area contributed by atoms with E-state index in [4.69, 9.17) is 8.83 Å². The van der Waals surface area contributed by atoms with Gasteiger partial charge in [0.2, 0.25) is 5.89 Å². The third kappa shape index (κ3) is 5.50. The molecule has 0 atom stereocenters. The van der Waals surface area contributed by atoms with Gasteiger partial charge in [-0.2, -0.15) is 0 Å². The molecule has 0 radical (unpaired) electrons. The molecule has 0 bridgehead atoms. The van der Waals surface area contributed by atoms with Gasteiger partial charge >= 0.3 is 6.03 Å². The van der Waals surface area contributed by atoms with Gasteiger partial charge in [0.05, 0.1) is 23.2 Å². The summed E-state index contributed by atoms with van der Waals surface area (Å²) in [6.45, 7) is 3.96. The molecule has 0 spiro atoms. The molecular formula is C25H23FN4O4. The fraction of sp³-hybridized carbons (Fsp3) is 0.160. The highest BCUT2D eigenvalue weighted by atomic mass is 19.1. The highest BCUT2D eigenvalue weighted by Crippen LogP contribution is 2.22. The fourth-order valence-electron chi connectivity index (χ4n) is 3.24. The maximum absolute atomic E-state index is 14.2. The summed E-state index contributed by atoms with van der Waals surface area (Å²) in [5, 5.41) is 7.82. The molecule has 8 nitrogen and oxygen atoms in total. The molecule has 34 heavy (non-hydrogen) atoms. The lowest BCUT2D eigenvalue weighted by molar-refractivity contribution is 0.102. The second-order valence-corrected chi connectivity index (χ2v) is 7.68. The van der Waals surface area contributed by atoms with Gasteiger partial charge in [0.15, 0.2) is 0 Å². The highest BCUT2D eigenvalue weighted by molar-refractivity contribution is 6.05. The molecule has 0 fully saturated rings. The van der Waals surface area contributed by atoms with E-state index in [-0.39, 0.29) is 5.69 Å². The first-order valence-electron chi connectivity index (χ1n) is 10.6. The van der Waals surface area contributed by atoms with Crippen LogP contribution in [0, 0.1) is 19.7 Å². The number of urea groups is 1. The van der Waals surface area contributed by atoms with Gasteiger partial charge in [-0.05, 0) is 50.2 Å². The van der Waals surface area contributed by atoms with E-state index in [0.29, 0.717) is 41.6 Å². The number of benzene rings is 2. The summed E-state index contributed by atoms with van der Waals surface area (Å²) in [6, 6.07) is 12.8. The Morgan fingerprint density at radius 1 is 1.00 bits per heavy atom. The Balaban J connectivity index is 1.29. The molecule has 174 valence electrons. The second kappa shape index (κ2) is 10.0. The molecule has 2 aromatic heterocycles. The Kier molecular flexibility index (Phi) is 6.72. The summed E-state index contributed by atoms with van der Waals surface area (Å²) in [5.41, 5.74) is 3.29. The number of rotatable bonds is 7. The Hall–Kier alpha value is -4.40. The topological polar surface area (TPSA) is 109 Å². The van der Waals surface area contributed by atoms with Crippen LogP contribution < -0.4 is 16.0 Å². The number of halogens is 1. The first kappa shape index (κ1) is 22.8. The number of amides is 3. The van der Waals surface area contributed by atoms with Gasteiger partial charge < -0.3 is 24.8 Å². The lowest BCUT2D eigenvalue weighted by atomic mass is 10.1. The Labute approximate surface area is 195 Å². The van der Waals surface area contributed by atoms with Crippen LogP contribution >= 0.6 is 0 Å². The molecule has 4 rings (SSSR count). The van der Waals surface area contributed by atoms with Crippen molar-refractivity contribution in [1.82, 2.24) is 10.3 Å². The number of hydrogen-bond acceptors (Lipinski definition) is 5. The van der Waals surface area contributed by atoms with Crippen LogP contribution in [0.15, 0.2) is 69.9 Å². The minimum Gasteiger partial charge on any atom is -0.469 e. The van der Waals surface area contributed by atoms with E-state index in [9.17, 15) is 14.0 Å². The van der Waals surface area contributed by atoms with Crippen LogP contribution in [0.5, 0.6) is 0 Å². The standard InChI is InChI=1S/C25H23FN4O4/c1-15-3-5-17(6-4-15)24-28-19(14-34-24)9-11-27-25(32)29-18-7-8-21(26)22(13-18)30-23(31)20-10-12-33-16(20)2/h3-8,10,12-14H,9,11H2,1-2H3,(H,30,31)(H2,27,29,32). The van der Waals surface area contributed by atoms with Crippen LogP contribution in [0.1, 0.15) is 27.4 Å². The van der Waals surface area contributed by atoms with E-state index >= 15 is 0 Å². The Morgan fingerprint density at radius 2 is 1.79 bits per heavy atom. The van der Waals surface area contributed by atoms with Crippen LogP contribution in [-0.2, 0) is 6.42 Å². The maximum Gasteiger partial charge on any atom is 0.319 e. The summed E-state index contributed by atoms with van der Waals surface area (Å²) >= 11 is 0. The van der Waals surface area contributed by atoms with Crippen LogP contribution in [0.2, 0.25) is 0 Å². The largest absolute Gasteiger partial charge is 0.469 e. The molecule has 0 aliphatic carbocycles. The molecule has 0 aliphatic heterocycles. The van der Waals surface area contributed by atoms with Crippen molar-refractivity contribution >= 4 is 23.3 Å². The van der Waals surface area contributed by atoms with Crippen molar-refractivity contribution in [3.05, 3.63) is 89.5 Å². The lowest BCUT2D eigenvalue weighted by Gasteiger charge is -2.10. The number of nitrogens with zero attached hydrogens (tertiary/aromatic N) is 1. The van der Waals surface area contributed by atoms with Crippen LogP contribution in [0.3, 0.4) is 0 Å². The molecule has 0 unspecified atom stereocenters. The summed E-state index contributed by atoms with van der Waals surface area (Å²) in [6.07, 6.45) is 3.41. The minimum atomic E-state index is -0.629. The number of nitrogens with one attached hydrogen (secondary N) is 3. The summed E-state index contributed by atoms with van der Waals surface area (Å²) in [4.78, 5) is 29.0. The third-order valence-electron chi connectivity index (χ3n) is 5.09. The number of hydrogen-bond donors (Lipinski definition) is 3. The zero-order chi connectivity index (χ0) is 24.1. The van der Waals surface area contributed by atoms with E-state index in [2.05, 4.69) is 20.9 Å². The monoisotopic (exact) mass is 462 g/mol. The number of carbonyl (C=O) groups is 2. The van der Waals surface area contributed by atoms with Gasteiger partial charge in [0, 0.05) is 24.2 Å². The smallest absolute Gasteiger partial charge is 0.319 e. The van der Waals surface area contributed by atoms with Crippen molar-refractivity contribution < 1.29 is 22.8 Å². The normalized spacial score (nSPS) is 10.7. The molecule has 2 aromatic carbocycles. The summed E-state index contributed by atoms with van der Waals surface area (Å²) in [7, 11) is 0. The second-order valence-electron chi connectivity index (χ2n) is 7.68. The average molecular weight is 462 g/mol. The molecule has 3 amide bonds. The third-order valence-corrected chi connectivity index (χ3v) is 5.09. The molecule has 0 saturated heterocycles. The van der Waals surface area contributed by atoms with Crippen molar-refractivity contribution in [3.63, 3.8) is 0 Å². The zero-order valence-electron chi connectivity index (χ0n) is 18.6. The first-order chi connectivity index (χ1) is 16.4. The van der Waals surface area contributed by atoms with Gasteiger partial charge in [-0.25, -0.2) is 14.2 Å². The van der Waals surface area contributed by atoms with Crippen molar-refractivity contribution in [2.45, 2.75) is 20.3 Å². The molecule has 2 heterocycles. The molecule has 0 aliphatic rings. The van der Waals surface area contributed by atoms with Gasteiger partial charge in [0.25, 0.3) is 5.91 Å². The highest BCUT2D eigenvalue weighted by Gasteiger charge is 2.15. The molecule has 3 N–H and O–H groups in total. The van der Waals surface area contributed by atoms with Crippen LogP contribution in [-0.4, -0.2) is 23.5 Å². The number of oxazole rings is 1. The first-order valence-corrected chi connectivity index (χ1v) is 10.6. The van der Waals surface area contributed by atoms with Crippen molar-refractivity contribution in [3.8, 4) is 11.5 Å². The molecule has 0 saturated carbocycles. The van der Waals surface area contributed by atoms with Crippen LogP contribution in [0.4, 0.5) is 20.6 Å². The quantitative estimate of drug-likeness (QED) is 0.345. The SMILES string of the molecule is Cc1ccc(-c2nc(CCNC(=O)Nc3ccc(F)c(NC(=O)c4ccoc4C)c3)co2)cc1. The fourth-order valence-corrected chi connectivity index (χ4v) is 3.24. The lowest BCUT2D eigenvalue weighted by Crippen LogP contribution is -2.30. The van der Waals surface area contributed by atoms with Gasteiger partial charge in [0.1, 0.15) is 17.8 Å². The molecular weight excluding hydrogens is 439 g/mol. The van der Waals surface area contributed by atoms with Gasteiger partial charge in [-0.15, -0.1) is 0 Å². The van der Waals surface area contributed by atoms with E-state index < -0.39 is 17.8 Å². The number of aromatic nitrogens is 1. The van der Waals surface area contributed by atoms with E-state index in [1.807, 2.05) is 31.2 Å². The predicted molar refractivity (Wildman–Crippen MR) is 125 cm³/mol. The summed E-state index contributed by atoms with van der Waals surface area (Å²) < 4.78 is 24.8. The average Bonchev–Trinajstić information content (AvgIpc) is 3.46. The zero-order valence-corrected chi connectivity index (χ0v) is 18.6.